The highest BCUT2D eigenvalue weighted by Crippen LogP contribution is 2.16. The van der Waals surface area contributed by atoms with Crippen molar-refractivity contribution in [1.29, 1.82) is 0 Å². The van der Waals surface area contributed by atoms with Crippen molar-refractivity contribution in [2.45, 2.75) is 19.4 Å². The predicted octanol–water partition coefficient (Wildman–Crippen LogP) is -0.240. The van der Waals surface area contributed by atoms with E-state index < -0.39 is 9.84 Å². The Morgan fingerprint density at radius 1 is 1.45 bits per heavy atom. The zero-order valence-electron chi connectivity index (χ0n) is 12.6. The predicted molar refractivity (Wildman–Crippen MR) is 81.7 cm³/mol. The van der Waals surface area contributed by atoms with Crippen molar-refractivity contribution in [3.05, 3.63) is 17.6 Å². The molecule has 1 atom stereocenters. The van der Waals surface area contributed by atoms with Crippen LogP contribution in [0, 0.1) is 6.92 Å². The summed E-state index contributed by atoms with van der Waals surface area (Å²) in [6, 6.07) is 1.35. The zero-order chi connectivity index (χ0) is 16.2. The second-order valence-electron chi connectivity index (χ2n) is 5.18. The normalized spacial score (nSPS) is 19.8. The summed E-state index contributed by atoms with van der Waals surface area (Å²) in [5.41, 5.74) is 0.243. The van der Waals surface area contributed by atoms with Crippen molar-refractivity contribution in [2.24, 2.45) is 0 Å². The number of nitrogens with zero attached hydrogens (tertiary/aromatic N) is 2. The van der Waals surface area contributed by atoms with Crippen molar-refractivity contribution in [2.75, 3.05) is 37.1 Å². The summed E-state index contributed by atoms with van der Waals surface area (Å²) in [5.74, 6) is 0.865. The number of aromatic nitrogens is 2. The summed E-state index contributed by atoms with van der Waals surface area (Å²) >= 11 is 0. The van der Waals surface area contributed by atoms with Gasteiger partial charge in [0.15, 0.2) is 9.84 Å². The third kappa shape index (κ3) is 4.63. The molecule has 8 nitrogen and oxygen atoms in total. The van der Waals surface area contributed by atoms with Crippen molar-refractivity contribution in [3.8, 4) is 0 Å². The number of amides is 1. The van der Waals surface area contributed by atoms with Gasteiger partial charge in [0.1, 0.15) is 17.3 Å². The number of sulfone groups is 1. The van der Waals surface area contributed by atoms with Crippen LogP contribution < -0.4 is 10.6 Å². The molecule has 1 amide bonds. The van der Waals surface area contributed by atoms with Crippen molar-refractivity contribution in [1.82, 2.24) is 15.3 Å². The van der Waals surface area contributed by atoms with Gasteiger partial charge in [0.2, 0.25) is 0 Å². The van der Waals surface area contributed by atoms with Crippen LogP contribution in [0.2, 0.25) is 0 Å². The molecule has 2 heterocycles. The molecule has 1 saturated heterocycles. The van der Waals surface area contributed by atoms with E-state index in [-0.39, 0.29) is 29.1 Å². The monoisotopic (exact) mass is 328 g/mol. The number of methoxy groups -OCH3 is 1. The Kier molecular flexibility index (Phi) is 5.30. The lowest BCUT2D eigenvalue weighted by atomic mass is 10.2. The Morgan fingerprint density at radius 3 is 2.86 bits per heavy atom. The van der Waals surface area contributed by atoms with Gasteiger partial charge in [-0.25, -0.2) is 18.4 Å². The van der Waals surface area contributed by atoms with Crippen LogP contribution in [0.1, 0.15) is 22.7 Å². The van der Waals surface area contributed by atoms with E-state index in [1.165, 1.54) is 6.07 Å². The van der Waals surface area contributed by atoms with E-state index in [1.807, 2.05) is 0 Å². The Labute approximate surface area is 129 Å². The molecule has 0 spiro atoms. The van der Waals surface area contributed by atoms with E-state index in [0.717, 1.165) is 0 Å². The molecule has 1 fully saturated rings. The second kappa shape index (κ2) is 7.01. The molecule has 0 radical (unpaired) electrons. The van der Waals surface area contributed by atoms with Crippen LogP contribution in [0.25, 0.3) is 0 Å². The highest BCUT2D eigenvalue weighted by Gasteiger charge is 2.28. The molecule has 1 aliphatic rings. The van der Waals surface area contributed by atoms with Crippen molar-refractivity contribution < 1.29 is 17.9 Å². The molecule has 0 aliphatic carbocycles. The third-order valence-corrected chi connectivity index (χ3v) is 5.01. The number of ether oxygens (including phenoxy) is 1. The van der Waals surface area contributed by atoms with Crippen LogP contribution in [0.5, 0.6) is 0 Å². The largest absolute Gasteiger partial charge is 0.383 e. The quantitative estimate of drug-likeness (QED) is 0.693. The smallest absolute Gasteiger partial charge is 0.270 e. The maximum atomic E-state index is 12.0. The van der Waals surface area contributed by atoms with Crippen molar-refractivity contribution >= 4 is 21.6 Å². The summed E-state index contributed by atoms with van der Waals surface area (Å²) in [4.78, 5) is 20.3. The number of carbonyl (C=O) groups is 1. The van der Waals surface area contributed by atoms with E-state index >= 15 is 0 Å². The minimum Gasteiger partial charge on any atom is -0.383 e. The summed E-state index contributed by atoms with van der Waals surface area (Å²) in [6.45, 7) is 2.49. The van der Waals surface area contributed by atoms with Gasteiger partial charge in [0.25, 0.3) is 5.91 Å². The average Bonchev–Trinajstić information content (AvgIpc) is 2.77. The van der Waals surface area contributed by atoms with E-state index in [2.05, 4.69) is 20.6 Å². The average molecular weight is 328 g/mol. The van der Waals surface area contributed by atoms with Gasteiger partial charge in [-0.05, 0) is 13.3 Å². The minimum atomic E-state index is -2.97. The summed E-state index contributed by atoms with van der Waals surface area (Å²) in [5, 5.41) is 5.75. The number of carbonyl (C=O) groups excluding carboxylic acids is 1. The SMILES string of the molecule is COCCNC(=O)c1cc(NC2CCS(=O)(=O)C2)nc(C)n1. The zero-order valence-corrected chi connectivity index (χ0v) is 13.4. The van der Waals surface area contributed by atoms with E-state index in [9.17, 15) is 13.2 Å². The Hall–Kier alpha value is -1.74. The first-order valence-corrected chi connectivity index (χ1v) is 8.81. The Bertz CT molecular complexity index is 647. The lowest BCUT2D eigenvalue weighted by Crippen LogP contribution is -2.28. The molecule has 122 valence electrons. The lowest BCUT2D eigenvalue weighted by Gasteiger charge is -2.13. The summed E-state index contributed by atoms with van der Waals surface area (Å²) in [7, 11) is -1.41. The molecule has 9 heteroatoms. The lowest BCUT2D eigenvalue weighted by molar-refractivity contribution is 0.0931. The van der Waals surface area contributed by atoms with Gasteiger partial charge in [-0.2, -0.15) is 0 Å². The summed E-state index contributed by atoms with van der Waals surface area (Å²) < 4.78 is 27.8. The van der Waals surface area contributed by atoms with Gasteiger partial charge in [-0.1, -0.05) is 0 Å². The van der Waals surface area contributed by atoms with Crippen LogP contribution >= 0.6 is 0 Å². The second-order valence-corrected chi connectivity index (χ2v) is 7.41. The number of anilines is 1. The van der Waals surface area contributed by atoms with Gasteiger partial charge in [-0.15, -0.1) is 0 Å². The molecule has 0 bridgehead atoms. The van der Waals surface area contributed by atoms with Crippen molar-refractivity contribution in [3.63, 3.8) is 0 Å². The van der Waals surface area contributed by atoms with E-state index in [1.54, 1.807) is 14.0 Å². The minimum absolute atomic E-state index is 0.0887. The highest BCUT2D eigenvalue weighted by atomic mass is 32.2. The topological polar surface area (TPSA) is 110 Å². The standard InChI is InChI=1S/C13H20N4O4S/c1-9-15-11(13(18)14-4-5-21-2)7-12(16-9)17-10-3-6-22(19,20)8-10/h7,10H,3-6,8H2,1-2H3,(H,14,18)(H,15,16,17). The Balaban J connectivity index is 2.05. The van der Waals surface area contributed by atoms with Gasteiger partial charge < -0.3 is 15.4 Å². The molecule has 0 aromatic carbocycles. The highest BCUT2D eigenvalue weighted by molar-refractivity contribution is 7.91. The maximum Gasteiger partial charge on any atom is 0.270 e. The molecule has 2 rings (SSSR count). The number of rotatable bonds is 6. The fraction of sp³-hybridized carbons (Fsp3) is 0.615. The van der Waals surface area contributed by atoms with Crippen LogP contribution in [0.3, 0.4) is 0 Å². The van der Waals surface area contributed by atoms with Crippen LogP contribution in [-0.4, -0.2) is 62.1 Å². The van der Waals surface area contributed by atoms with Gasteiger partial charge in [0.05, 0.1) is 18.1 Å². The Morgan fingerprint density at radius 2 is 2.23 bits per heavy atom. The van der Waals surface area contributed by atoms with E-state index in [0.29, 0.717) is 31.2 Å². The third-order valence-electron chi connectivity index (χ3n) is 3.25. The van der Waals surface area contributed by atoms with E-state index in [4.69, 9.17) is 4.74 Å². The maximum absolute atomic E-state index is 12.0. The number of hydrogen-bond acceptors (Lipinski definition) is 7. The van der Waals surface area contributed by atoms with Gasteiger partial charge >= 0.3 is 0 Å². The molecule has 2 N–H and O–H groups in total. The van der Waals surface area contributed by atoms with Gasteiger partial charge in [-0.3, -0.25) is 4.79 Å². The van der Waals surface area contributed by atoms with Crippen LogP contribution in [0.4, 0.5) is 5.82 Å². The molecule has 1 aliphatic heterocycles. The van der Waals surface area contributed by atoms with Gasteiger partial charge in [0, 0.05) is 25.8 Å². The fourth-order valence-corrected chi connectivity index (χ4v) is 3.91. The molecule has 22 heavy (non-hydrogen) atoms. The number of aryl methyl sites for hydroxylation is 1. The summed E-state index contributed by atoms with van der Waals surface area (Å²) in [6.07, 6.45) is 0.542. The first-order chi connectivity index (χ1) is 10.4. The first-order valence-electron chi connectivity index (χ1n) is 6.99. The molecule has 1 aromatic heterocycles. The fourth-order valence-electron chi connectivity index (χ4n) is 2.23. The number of hydrogen-bond donors (Lipinski definition) is 2. The first kappa shape index (κ1) is 16.6. The van der Waals surface area contributed by atoms with Crippen LogP contribution in [-0.2, 0) is 14.6 Å². The van der Waals surface area contributed by atoms with Crippen LogP contribution in [0.15, 0.2) is 6.07 Å². The molecule has 1 unspecified atom stereocenters. The molecule has 1 aromatic rings. The molecular weight excluding hydrogens is 308 g/mol. The molecular formula is C13H20N4O4S. The number of nitrogens with one attached hydrogen (secondary N) is 2. The molecule has 0 saturated carbocycles.